The van der Waals surface area contributed by atoms with Gasteiger partial charge >= 0.3 is 0 Å². The second kappa shape index (κ2) is 5.06. The Bertz CT molecular complexity index is 641. The van der Waals surface area contributed by atoms with E-state index in [-0.39, 0.29) is 22.6 Å². The maximum atomic E-state index is 13.6. The summed E-state index contributed by atoms with van der Waals surface area (Å²) in [4.78, 5) is 12.0. The maximum absolute atomic E-state index is 13.6. The van der Waals surface area contributed by atoms with Gasteiger partial charge in [-0.1, -0.05) is 0 Å². The molecule has 0 spiro atoms. The highest BCUT2D eigenvalue weighted by atomic mass is 19.1. The Kier molecular flexibility index (Phi) is 3.46. The van der Waals surface area contributed by atoms with Gasteiger partial charge in [-0.05, 0) is 36.4 Å². The lowest BCUT2D eigenvalue weighted by molar-refractivity contribution is 0.103. The molecular formula is C14H11F2NO2. The Morgan fingerprint density at radius 2 is 1.84 bits per heavy atom. The largest absolute Gasteiger partial charge is 0.494 e. The summed E-state index contributed by atoms with van der Waals surface area (Å²) in [6.45, 7) is 0. The van der Waals surface area contributed by atoms with Crippen molar-refractivity contribution >= 4 is 11.5 Å². The first-order valence-electron chi connectivity index (χ1n) is 5.46. The third-order valence-corrected chi connectivity index (χ3v) is 2.65. The third kappa shape index (κ3) is 2.54. The van der Waals surface area contributed by atoms with Crippen LogP contribution in [0, 0.1) is 11.6 Å². The maximum Gasteiger partial charge on any atom is 0.196 e. The Balaban J connectivity index is 2.41. The highest BCUT2D eigenvalue weighted by Crippen LogP contribution is 2.21. The first-order valence-corrected chi connectivity index (χ1v) is 5.46. The normalized spacial score (nSPS) is 10.3. The molecule has 0 unspecified atom stereocenters. The van der Waals surface area contributed by atoms with Crippen LogP contribution in [0.15, 0.2) is 36.4 Å². The highest BCUT2D eigenvalue weighted by Gasteiger charge is 2.16. The summed E-state index contributed by atoms with van der Waals surface area (Å²) in [5.41, 5.74) is 5.51. The van der Waals surface area contributed by atoms with Crippen molar-refractivity contribution < 1.29 is 18.3 Å². The van der Waals surface area contributed by atoms with Crippen molar-refractivity contribution in [1.29, 1.82) is 0 Å². The average Bonchev–Trinajstić information content (AvgIpc) is 2.38. The minimum Gasteiger partial charge on any atom is -0.494 e. The van der Waals surface area contributed by atoms with E-state index in [4.69, 9.17) is 10.5 Å². The number of hydrogen-bond donors (Lipinski definition) is 1. The van der Waals surface area contributed by atoms with Crippen LogP contribution in [-0.4, -0.2) is 12.9 Å². The molecule has 2 aromatic rings. The fourth-order valence-corrected chi connectivity index (χ4v) is 1.68. The zero-order chi connectivity index (χ0) is 14.0. The fraction of sp³-hybridized carbons (Fsp3) is 0.0714. The number of anilines is 1. The van der Waals surface area contributed by atoms with Crippen molar-refractivity contribution in [2.24, 2.45) is 0 Å². The molecule has 98 valence electrons. The van der Waals surface area contributed by atoms with Crippen LogP contribution >= 0.6 is 0 Å². The van der Waals surface area contributed by atoms with Crippen molar-refractivity contribution in [2.75, 3.05) is 12.8 Å². The van der Waals surface area contributed by atoms with E-state index >= 15 is 0 Å². The molecule has 0 bridgehead atoms. The summed E-state index contributed by atoms with van der Waals surface area (Å²) in [5.74, 6) is -2.00. The lowest BCUT2D eigenvalue weighted by Crippen LogP contribution is -2.05. The quantitative estimate of drug-likeness (QED) is 0.684. The zero-order valence-corrected chi connectivity index (χ0v) is 10.1. The van der Waals surface area contributed by atoms with Crippen molar-refractivity contribution in [2.45, 2.75) is 0 Å². The summed E-state index contributed by atoms with van der Waals surface area (Å²) in [5, 5.41) is 0. The van der Waals surface area contributed by atoms with E-state index < -0.39 is 17.4 Å². The summed E-state index contributed by atoms with van der Waals surface area (Å²) < 4.78 is 31.9. The number of ketones is 1. The number of methoxy groups -OCH3 is 1. The molecule has 0 aliphatic rings. The number of nitrogen functional groups attached to an aromatic ring is 1. The van der Waals surface area contributed by atoms with Gasteiger partial charge in [0.25, 0.3) is 0 Å². The number of ether oxygens (including phenoxy) is 1. The van der Waals surface area contributed by atoms with Gasteiger partial charge in [0.2, 0.25) is 0 Å². The third-order valence-electron chi connectivity index (χ3n) is 2.65. The number of hydrogen-bond acceptors (Lipinski definition) is 3. The van der Waals surface area contributed by atoms with Crippen LogP contribution in [0.2, 0.25) is 0 Å². The van der Waals surface area contributed by atoms with E-state index in [9.17, 15) is 13.6 Å². The molecule has 0 saturated carbocycles. The molecule has 0 atom stereocenters. The van der Waals surface area contributed by atoms with Gasteiger partial charge in [0.15, 0.2) is 17.3 Å². The van der Waals surface area contributed by atoms with E-state index in [1.807, 2.05) is 0 Å². The first-order chi connectivity index (χ1) is 9.02. The van der Waals surface area contributed by atoms with E-state index in [2.05, 4.69) is 0 Å². The molecule has 0 saturated heterocycles. The summed E-state index contributed by atoms with van der Waals surface area (Å²) >= 11 is 0. The highest BCUT2D eigenvalue weighted by molar-refractivity contribution is 6.09. The Morgan fingerprint density at radius 3 is 2.42 bits per heavy atom. The van der Waals surface area contributed by atoms with Crippen LogP contribution in [-0.2, 0) is 0 Å². The van der Waals surface area contributed by atoms with Crippen LogP contribution in [0.4, 0.5) is 14.5 Å². The first kappa shape index (κ1) is 13.0. The Morgan fingerprint density at radius 1 is 1.11 bits per heavy atom. The number of nitrogens with two attached hydrogens (primary N) is 1. The van der Waals surface area contributed by atoms with Gasteiger partial charge in [0, 0.05) is 11.3 Å². The van der Waals surface area contributed by atoms with E-state index in [0.29, 0.717) is 0 Å². The minimum atomic E-state index is -0.735. The molecule has 0 aromatic heterocycles. The molecule has 2 N–H and O–H groups in total. The lowest BCUT2D eigenvalue weighted by Gasteiger charge is -2.06. The molecule has 0 aliphatic carbocycles. The van der Waals surface area contributed by atoms with Crippen LogP contribution in [0.25, 0.3) is 0 Å². The van der Waals surface area contributed by atoms with Crippen LogP contribution in [0.5, 0.6) is 5.75 Å². The summed E-state index contributed by atoms with van der Waals surface area (Å²) in [7, 11) is 1.32. The van der Waals surface area contributed by atoms with Gasteiger partial charge in [-0.2, -0.15) is 0 Å². The number of carbonyl (C=O) groups is 1. The standard InChI is InChI=1S/C14H11F2NO2/c1-19-13-5-2-8(6-12(13)16)14(18)10-4-3-9(17)7-11(10)15/h2-7H,17H2,1H3. The molecule has 5 heteroatoms. The number of halogens is 2. The van der Waals surface area contributed by atoms with Crippen molar-refractivity contribution in [3.8, 4) is 5.75 Å². The topological polar surface area (TPSA) is 52.3 Å². The van der Waals surface area contributed by atoms with Gasteiger partial charge in [-0.25, -0.2) is 8.78 Å². The second-order valence-electron chi connectivity index (χ2n) is 3.92. The van der Waals surface area contributed by atoms with Gasteiger partial charge in [-0.15, -0.1) is 0 Å². The number of benzene rings is 2. The Hall–Kier alpha value is -2.43. The van der Waals surface area contributed by atoms with Crippen LogP contribution < -0.4 is 10.5 Å². The predicted molar refractivity (Wildman–Crippen MR) is 67.2 cm³/mol. The molecule has 2 aromatic carbocycles. The SMILES string of the molecule is COc1ccc(C(=O)c2ccc(N)cc2F)cc1F. The van der Waals surface area contributed by atoms with Crippen LogP contribution in [0.3, 0.4) is 0 Å². The van der Waals surface area contributed by atoms with Crippen molar-refractivity contribution in [3.05, 3.63) is 59.2 Å². The van der Waals surface area contributed by atoms with Crippen molar-refractivity contribution in [1.82, 2.24) is 0 Å². The molecule has 0 fully saturated rings. The molecule has 0 aliphatic heterocycles. The number of carbonyl (C=O) groups excluding carboxylic acids is 1. The second-order valence-corrected chi connectivity index (χ2v) is 3.92. The zero-order valence-electron chi connectivity index (χ0n) is 10.1. The molecule has 0 heterocycles. The molecule has 0 radical (unpaired) electrons. The molecule has 2 rings (SSSR count). The smallest absolute Gasteiger partial charge is 0.196 e. The van der Waals surface area contributed by atoms with Gasteiger partial charge < -0.3 is 10.5 Å². The van der Waals surface area contributed by atoms with E-state index in [0.717, 1.165) is 12.1 Å². The van der Waals surface area contributed by atoms with Gasteiger partial charge in [-0.3, -0.25) is 4.79 Å². The molecular weight excluding hydrogens is 252 g/mol. The summed E-state index contributed by atoms with van der Waals surface area (Å²) in [6.07, 6.45) is 0. The van der Waals surface area contributed by atoms with Gasteiger partial charge in [0.1, 0.15) is 5.82 Å². The summed E-state index contributed by atoms with van der Waals surface area (Å²) in [6, 6.07) is 7.44. The Labute approximate surface area is 108 Å². The van der Waals surface area contributed by atoms with Crippen LogP contribution in [0.1, 0.15) is 15.9 Å². The molecule has 19 heavy (non-hydrogen) atoms. The monoisotopic (exact) mass is 263 g/mol. The van der Waals surface area contributed by atoms with Crippen molar-refractivity contribution in [3.63, 3.8) is 0 Å². The van der Waals surface area contributed by atoms with Gasteiger partial charge in [0.05, 0.1) is 12.7 Å². The number of rotatable bonds is 3. The average molecular weight is 263 g/mol. The molecule has 3 nitrogen and oxygen atoms in total. The predicted octanol–water partition coefficient (Wildman–Crippen LogP) is 2.79. The minimum absolute atomic E-state index is 0.0225. The molecule has 0 amide bonds. The van der Waals surface area contributed by atoms with E-state index in [1.54, 1.807) is 0 Å². The van der Waals surface area contributed by atoms with E-state index in [1.165, 1.54) is 31.4 Å². The lowest BCUT2D eigenvalue weighted by atomic mass is 10.0. The fourth-order valence-electron chi connectivity index (χ4n) is 1.68.